The minimum atomic E-state index is -0.447. The summed E-state index contributed by atoms with van der Waals surface area (Å²) in [5.74, 6) is 0.0605. The molecule has 0 saturated carbocycles. The first-order valence-corrected chi connectivity index (χ1v) is 5.66. The van der Waals surface area contributed by atoms with Crippen molar-refractivity contribution in [3.63, 3.8) is 0 Å². The lowest BCUT2D eigenvalue weighted by molar-refractivity contribution is -0.129. The maximum absolute atomic E-state index is 11.7. The highest BCUT2D eigenvalue weighted by Gasteiger charge is 2.27. The predicted molar refractivity (Wildman–Crippen MR) is 61.5 cm³/mol. The second kappa shape index (κ2) is 4.94. The van der Waals surface area contributed by atoms with Crippen molar-refractivity contribution in [1.29, 1.82) is 0 Å². The molecule has 4 nitrogen and oxygen atoms in total. The Kier molecular flexibility index (Phi) is 4.11. The van der Waals surface area contributed by atoms with Crippen LogP contribution >= 0.6 is 0 Å². The van der Waals surface area contributed by atoms with Gasteiger partial charge < -0.3 is 16.0 Å². The fourth-order valence-corrected chi connectivity index (χ4v) is 1.78. The molecule has 0 spiro atoms. The molecule has 3 N–H and O–H groups in total. The number of nitrogens with zero attached hydrogens (tertiary/aromatic N) is 1. The molecule has 0 bridgehead atoms. The normalized spacial score (nSPS) is 23.1. The summed E-state index contributed by atoms with van der Waals surface area (Å²) in [5, 5.41) is 2.99. The molecule has 1 saturated heterocycles. The van der Waals surface area contributed by atoms with E-state index < -0.39 is 5.41 Å². The van der Waals surface area contributed by atoms with Crippen LogP contribution in [0.3, 0.4) is 0 Å². The number of carbonyl (C=O) groups excluding carboxylic acids is 1. The van der Waals surface area contributed by atoms with Crippen molar-refractivity contribution in [2.45, 2.75) is 32.7 Å². The lowest BCUT2D eigenvalue weighted by Crippen LogP contribution is -2.46. The largest absolute Gasteiger partial charge is 0.354 e. The molecule has 15 heavy (non-hydrogen) atoms. The Morgan fingerprint density at radius 2 is 2.27 bits per heavy atom. The number of carbonyl (C=O) groups is 1. The first-order valence-electron chi connectivity index (χ1n) is 5.66. The van der Waals surface area contributed by atoms with Crippen LogP contribution in [0, 0.1) is 5.41 Å². The molecule has 1 amide bonds. The minimum Gasteiger partial charge on any atom is -0.354 e. The second-order valence-electron chi connectivity index (χ2n) is 5.07. The van der Waals surface area contributed by atoms with Crippen LogP contribution in [0.15, 0.2) is 0 Å². The third kappa shape index (κ3) is 3.18. The van der Waals surface area contributed by atoms with Crippen molar-refractivity contribution in [1.82, 2.24) is 10.2 Å². The summed E-state index contributed by atoms with van der Waals surface area (Å²) in [6, 6.07) is 0.502. The highest BCUT2D eigenvalue weighted by molar-refractivity contribution is 5.82. The van der Waals surface area contributed by atoms with Gasteiger partial charge in [0, 0.05) is 19.1 Å². The maximum Gasteiger partial charge on any atom is 0.226 e. The van der Waals surface area contributed by atoms with Crippen molar-refractivity contribution in [3.8, 4) is 0 Å². The third-order valence-corrected chi connectivity index (χ3v) is 3.29. The average Bonchev–Trinajstić information content (AvgIpc) is 2.60. The summed E-state index contributed by atoms with van der Waals surface area (Å²) in [6.07, 6.45) is 2.41. The smallest absolute Gasteiger partial charge is 0.226 e. The van der Waals surface area contributed by atoms with Crippen molar-refractivity contribution in [2.24, 2.45) is 11.1 Å². The zero-order chi connectivity index (χ0) is 11.5. The molecular formula is C11H23N3O. The third-order valence-electron chi connectivity index (χ3n) is 3.29. The SMILES string of the molecule is CN1CCCC1CNC(=O)C(C)(C)CN. The van der Waals surface area contributed by atoms with E-state index in [0.29, 0.717) is 12.6 Å². The zero-order valence-corrected chi connectivity index (χ0v) is 10.0. The molecule has 0 aromatic rings. The molecule has 0 aromatic heterocycles. The van der Waals surface area contributed by atoms with E-state index >= 15 is 0 Å². The van der Waals surface area contributed by atoms with E-state index in [2.05, 4.69) is 17.3 Å². The summed E-state index contributed by atoms with van der Waals surface area (Å²) in [6.45, 7) is 6.03. The van der Waals surface area contributed by atoms with Crippen LogP contribution in [0.5, 0.6) is 0 Å². The summed E-state index contributed by atoms with van der Waals surface area (Å²) < 4.78 is 0. The van der Waals surface area contributed by atoms with Gasteiger partial charge in [0.2, 0.25) is 5.91 Å². The Labute approximate surface area is 92.2 Å². The Morgan fingerprint density at radius 1 is 1.60 bits per heavy atom. The van der Waals surface area contributed by atoms with Crippen LogP contribution in [0.1, 0.15) is 26.7 Å². The number of nitrogens with one attached hydrogen (secondary N) is 1. The van der Waals surface area contributed by atoms with E-state index in [-0.39, 0.29) is 5.91 Å². The second-order valence-corrected chi connectivity index (χ2v) is 5.07. The molecule has 88 valence electrons. The standard InChI is InChI=1S/C11H23N3O/c1-11(2,8-12)10(15)13-7-9-5-4-6-14(9)3/h9H,4-8,12H2,1-3H3,(H,13,15). The number of nitrogens with two attached hydrogens (primary N) is 1. The van der Waals surface area contributed by atoms with Gasteiger partial charge in [0.25, 0.3) is 0 Å². The summed E-state index contributed by atoms with van der Waals surface area (Å²) in [5.41, 5.74) is 5.10. The first kappa shape index (κ1) is 12.5. The van der Waals surface area contributed by atoms with E-state index in [1.807, 2.05) is 13.8 Å². The van der Waals surface area contributed by atoms with Crippen LogP contribution in [-0.4, -0.2) is 43.5 Å². The molecule has 0 aromatic carbocycles. The Hall–Kier alpha value is -0.610. The van der Waals surface area contributed by atoms with Crippen LogP contribution in [0.25, 0.3) is 0 Å². The number of likely N-dealkylation sites (tertiary alicyclic amines) is 1. The van der Waals surface area contributed by atoms with Gasteiger partial charge in [-0.25, -0.2) is 0 Å². The quantitative estimate of drug-likeness (QED) is 0.700. The van der Waals surface area contributed by atoms with Gasteiger partial charge >= 0.3 is 0 Å². The Morgan fingerprint density at radius 3 is 2.73 bits per heavy atom. The number of likely N-dealkylation sites (N-methyl/N-ethyl adjacent to an activating group) is 1. The molecule has 4 heteroatoms. The molecule has 0 aliphatic carbocycles. The van der Waals surface area contributed by atoms with E-state index in [9.17, 15) is 4.79 Å². The van der Waals surface area contributed by atoms with E-state index in [0.717, 1.165) is 13.1 Å². The van der Waals surface area contributed by atoms with Crippen molar-refractivity contribution < 1.29 is 4.79 Å². The molecule has 1 unspecified atom stereocenters. The molecule has 1 atom stereocenters. The van der Waals surface area contributed by atoms with E-state index in [1.54, 1.807) is 0 Å². The van der Waals surface area contributed by atoms with Crippen LogP contribution < -0.4 is 11.1 Å². The van der Waals surface area contributed by atoms with Crippen LogP contribution in [0.4, 0.5) is 0 Å². The van der Waals surface area contributed by atoms with Crippen LogP contribution in [-0.2, 0) is 4.79 Å². The number of rotatable bonds is 4. The van der Waals surface area contributed by atoms with Gasteiger partial charge in [-0.15, -0.1) is 0 Å². The zero-order valence-electron chi connectivity index (χ0n) is 10.0. The summed E-state index contributed by atoms with van der Waals surface area (Å²) in [4.78, 5) is 14.1. The number of amides is 1. The average molecular weight is 213 g/mol. The van der Waals surface area contributed by atoms with Crippen LogP contribution in [0.2, 0.25) is 0 Å². The lowest BCUT2D eigenvalue weighted by Gasteiger charge is -2.25. The van der Waals surface area contributed by atoms with Gasteiger partial charge in [-0.3, -0.25) is 4.79 Å². The Bertz CT molecular complexity index is 228. The van der Waals surface area contributed by atoms with Crippen molar-refractivity contribution >= 4 is 5.91 Å². The van der Waals surface area contributed by atoms with Crippen molar-refractivity contribution in [2.75, 3.05) is 26.7 Å². The van der Waals surface area contributed by atoms with E-state index in [4.69, 9.17) is 5.73 Å². The monoisotopic (exact) mass is 213 g/mol. The van der Waals surface area contributed by atoms with Gasteiger partial charge in [0.05, 0.1) is 5.41 Å². The van der Waals surface area contributed by atoms with E-state index in [1.165, 1.54) is 12.8 Å². The lowest BCUT2D eigenvalue weighted by atomic mass is 9.92. The molecular weight excluding hydrogens is 190 g/mol. The predicted octanol–water partition coefficient (Wildman–Crippen LogP) is 0.182. The van der Waals surface area contributed by atoms with Crippen molar-refractivity contribution in [3.05, 3.63) is 0 Å². The fourth-order valence-electron chi connectivity index (χ4n) is 1.78. The summed E-state index contributed by atoms with van der Waals surface area (Å²) >= 11 is 0. The topological polar surface area (TPSA) is 58.4 Å². The number of hydrogen-bond donors (Lipinski definition) is 2. The molecule has 1 aliphatic rings. The molecule has 1 heterocycles. The first-order chi connectivity index (χ1) is 6.97. The fraction of sp³-hybridized carbons (Fsp3) is 0.909. The van der Waals surface area contributed by atoms with Gasteiger partial charge in [0.15, 0.2) is 0 Å². The highest BCUT2D eigenvalue weighted by Crippen LogP contribution is 2.15. The minimum absolute atomic E-state index is 0.0605. The Balaban J connectivity index is 2.34. The van der Waals surface area contributed by atoms with Gasteiger partial charge in [-0.2, -0.15) is 0 Å². The van der Waals surface area contributed by atoms with Gasteiger partial charge in [-0.05, 0) is 40.3 Å². The molecule has 1 rings (SSSR count). The number of hydrogen-bond acceptors (Lipinski definition) is 3. The maximum atomic E-state index is 11.7. The van der Waals surface area contributed by atoms with Gasteiger partial charge in [0.1, 0.15) is 0 Å². The highest BCUT2D eigenvalue weighted by atomic mass is 16.2. The molecule has 0 radical (unpaired) electrons. The molecule has 1 aliphatic heterocycles. The molecule has 1 fully saturated rings. The summed E-state index contributed by atoms with van der Waals surface area (Å²) in [7, 11) is 2.11. The van der Waals surface area contributed by atoms with Gasteiger partial charge in [-0.1, -0.05) is 0 Å².